The molecule has 0 spiro atoms. The average Bonchev–Trinajstić information content (AvgIpc) is 3.35. The molecule has 3 N–H and O–H groups in total. The number of rotatable bonds is 14. The van der Waals surface area contributed by atoms with Crippen molar-refractivity contribution in [3.05, 3.63) is 102 Å². The van der Waals surface area contributed by atoms with Gasteiger partial charge in [-0.2, -0.15) is 0 Å². The molecule has 4 rings (SSSR count). The fraction of sp³-hybridized carbons (Fsp3) is 0.333. The number of methoxy groups -OCH3 is 1. The Labute approximate surface area is 223 Å². The maximum atomic E-state index is 13.9. The number of ether oxygens (including phenoxy) is 3. The van der Waals surface area contributed by atoms with Crippen LogP contribution in [0.15, 0.2) is 89.9 Å². The number of aliphatic imine (C=N–C) groups is 1. The summed E-state index contributed by atoms with van der Waals surface area (Å²) in [6.07, 6.45) is 1.03. The number of nitrogens with zero attached hydrogens (tertiary/aromatic N) is 1. The van der Waals surface area contributed by atoms with Gasteiger partial charge in [0, 0.05) is 45.3 Å². The third-order valence-electron chi connectivity index (χ3n) is 6.30. The second-order valence-corrected chi connectivity index (χ2v) is 9.09. The number of carbonyl (C=O) groups is 1. The summed E-state index contributed by atoms with van der Waals surface area (Å²) in [6.45, 7) is 1.67. The minimum Gasteiger partial charge on any atom is -0.494 e. The number of amides is 1. The predicted octanol–water partition coefficient (Wildman–Crippen LogP) is 3.60. The van der Waals surface area contributed by atoms with E-state index in [1.54, 1.807) is 7.11 Å². The van der Waals surface area contributed by atoms with Crippen molar-refractivity contribution in [2.45, 2.75) is 30.9 Å². The maximum absolute atomic E-state index is 13.9. The zero-order chi connectivity index (χ0) is 26.6. The number of aliphatic hydroxyl groups is 1. The molecule has 1 aliphatic heterocycles. The fourth-order valence-electron chi connectivity index (χ4n) is 4.37. The van der Waals surface area contributed by atoms with E-state index in [1.165, 1.54) is 0 Å². The SMILES string of the molecule is COCCCNNC(=O)[C@@]1(Cc2ccccc2)N=C(c2ccc(OCCCO)cc2)O[C@H]1c1ccccc1. The maximum Gasteiger partial charge on any atom is 0.266 e. The average molecular weight is 518 g/mol. The Kier molecular flexibility index (Phi) is 9.86. The third-order valence-corrected chi connectivity index (χ3v) is 6.30. The lowest BCUT2D eigenvalue weighted by atomic mass is 9.82. The predicted molar refractivity (Wildman–Crippen MR) is 146 cm³/mol. The lowest BCUT2D eigenvalue weighted by molar-refractivity contribution is -0.130. The van der Waals surface area contributed by atoms with Crippen molar-refractivity contribution in [2.24, 2.45) is 4.99 Å². The number of carbonyl (C=O) groups excluding carboxylic acids is 1. The van der Waals surface area contributed by atoms with E-state index in [0.29, 0.717) is 44.2 Å². The molecule has 1 amide bonds. The zero-order valence-electron chi connectivity index (χ0n) is 21.6. The molecule has 0 aliphatic carbocycles. The van der Waals surface area contributed by atoms with E-state index >= 15 is 0 Å². The van der Waals surface area contributed by atoms with E-state index in [1.807, 2.05) is 84.9 Å². The van der Waals surface area contributed by atoms with Crippen LogP contribution in [0.5, 0.6) is 5.75 Å². The van der Waals surface area contributed by atoms with Crippen molar-refractivity contribution in [3.63, 3.8) is 0 Å². The van der Waals surface area contributed by atoms with Crippen LogP contribution in [-0.4, -0.2) is 55.9 Å². The number of benzene rings is 3. The van der Waals surface area contributed by atoms with Gasteiger partial charge in [-0.05, 0) is 41.8 Å². The minimum absolute atomic E-state index is 0.0798. The summed E-state index contributed by atoms with van der Waals surface area (Å²) in [4.78, 5) is 18.9. The Morgan fingerprint density at radius 3 is 2.37 bits per heavy atom. The lowest BCUT2D eigenvalue weighted by Gasteiger charge is -2.30. The highest BCUT2D eigenvalue weighted by molar-refractivity contribution is 6.01. The van der Waals surface area contributed by atoms with E-state index < -0.39 is 11.6 Å². The highest BCUT2D eigenvalue weighted by Gasteiger charge is 2.53. The van der Waals surface area contributed by atoms with Crippen molar-refractivity contribution in [2.75, 3.05) is 33.5 Å². The Hall–Kier alpha value is -3.72. The van der Waals surface area contributed by atoms with Gasteiger partial charge in [0.05, 0.1) is 6.61 Å². The molecule has 0 radical (unpaired) electrons. The standard InChI is InChI=1S/C30H35N3O5/c1-36-20-8-18-31-33-29(35)30(22-23-10-4-2-5-11-23)27(24-12-6-3-7-13-24)38-28(32-30)25-14-16-26(17-15-25)37-21-9-19-34/h2-7,10-17,27,31,34H,8-9,18-22H2,1H3,(H,33,35)/t27-,30-/m0/s1. The molecule has 1 aliphatic rings. The summed E-state index contributed by atoms with van der Waals surface area (Å²) in [5.41, 5.74) is 7.25. The Balaban J connectivity index is 1.68. The van der Waals surface area contributed by atoms with Crippen LogP contribution >= 0.6 is 0 Å². The number of hydrogen-bond acceptors (Lipinski definition) is 7. The van der Waals surface area contributed by atoms with Gasteiger partial charge in [0.15, 0.2) is 11.6 Å². The Bertz CT molecular complexity index is 1170. The molecule has 2 atom stereocenters. The largest absolute Gasteiger partial charge is 0.494 e. The quantitative estimate of drug-likeness (QED) is 0.223. The first kappa shape index (κ1) is 27.3. The van der Waals surface area contributed by atoms with E-state index in [9.17, 15) is 4.79 Å². The number of hydrazine groups is 1. The first-order chi connectivity index (χ1) is 18.7. The number of nitrogens with one attached hydrogen (secondary N) is 2. The summed E-state index contributed by atoms with van der Waals surface area (Å²) in [5.74, 6) is 0.812. The highest BCUT2D eigenvalue weighted by atomic mass is 16.5. The monoisotopic (exact) mass is 517 g/mol. The van der Waals surface area contributed by atoms with Gasteiger partial charge >= 0.3 is 0 Å². The van der Waals surface area contributed by atoms with Crippen LogP contribution in [0, 0.1) is 0 Å². The molecule has 0 saturated carbocycles. The van der Waals surface area contributed by atoms with E-state index in [-0.39, 0.29) is 12.5 Å². The van der Waals surface area contributed by atoms with Gasteiger partial charge in [-0.1, -0.05) is 60.7 Å². The fourth-order valence-corrected chi connectivity index (χ4v) is 4.37. The molecule has 0 bridgehead atoms. The molecule has 3 aromatic carbocycles. The topological polar surface area (TPSA) is 101 Å². The lowest BCUT2D eigenvalue weighted by Crippen LogP contribution is -2.54. The Morgan fingerprint density at radius 2 is 1.68 bits per heavy atom. The number of hydrogen-bond donors (Lipinski definition) is 3. The van der Waals surface area contributed by atoms with Gasteiger partial charge in [-0.3, -0.25) is 10.2 Å². The van der Waals surface area contributed by atoms with Crippen LogP contribution in [0.3, 0.4) is 0 Å². The second-order valence-electron chi connectivity index (χ2n) is 9.09. The molecular weight excluding hydrogens is 482 g/mol. The first-order valence-electron chi connectivity index (χ1n) is 12.9. The summed E-state index contributed by atoms with van der Waals surface area (Å²) in [7, 11) is 1.65. The second kappa shape index (κ2) is 13.7. The van der Waals surface area contributed by atoms with Gasteiger partial charge in [0.2, 0.25) is 5.90 Å². The van der Waals surface area contributed by atoms with Gasteiger partial charge < -0.3 is 19.3 Å². The van der Waals surface area contributed by atoms with Crippen LogP contribution in [0.2, 0.25) is 0 Å². The minimum atomic E-state index is -1.25. The normalized spacial score (nSPS) is 18.5. The van der Waals surface area contributed by atoms with Crippen molar-refractivity contribution in [3.8, 4) is 5.75 Å². The number of aliphatic hydroxyl groups excluding tert-OH is 1. The molecule has 3 aromatic rings. The van der Waals surface area contributed by atoms with Crippen LogP contribution < -0.4 is 15.6 Å². The third kappa shape index (κ3) is 6.77. The van der Waals surface area contributed by atoms with Gasteiger partial charge in [-0.25, -0.2) is 10.4 Å². The van der Waals surface area contributed by atoms with E-state index in [4.69, 9.17) is 24.3 Å². The van der Waals surface area contributed by atoms with Crippen LogP contribution in [0.25, 0.3) is 0 Å². The molecule has 0 saturated heterocycles. The molecule has 8 heteroatoms. The van der Waals surface area contributed by atoms with Gasteiger partial charge in [-0.15, -0.1) is 0 Å². The van der Waals surface area contributed by atoms with E-state index in [2.05, 4.69) is 10.9 Å². The molecule has 1 heterocycles. The smallest absolute Gasteiger partial charge is 0.266 e. The van der Waals surface area contributed by atoms with Gasteiger partial charge in [0.25, 0.3) is 5.91 Å². The molecule has 0 aromatic heterocycles. The first-order valence-corrected chi connectivity index (χ1v) is 12.9. The van der Waals surface area contributed by atoms with Crippen LogP contribution in [-0.2, 0) is 20.7 Å². The van der Waals surface area contributed by atoms with E-state index in [0.717, 1.165) is 23.1 Å². The summed E-state index contributed by atoms with van der Waals surface area (Å²) >= 11 is 0. The zero-order valence-corrected chi connectivity index (χ0v) is 21.6. The van der Waals surface area contributed by atoms with Crippen molar-refractivity contribution < 1.29 is 24.1 Å². The summed E-state index contributed by atoms with van der Waals surface area (Å²) in [5, 5.41) is 8.99. The molecule has 8 nitrogen and oxygen atoms in total. The van der Waals surface area contributed by atoms with Crippen molar-refractivity contribution >= 4 is 11.8 Å². The molecule has 200 valence electrons. The highest BCUT2D eigenvalue weighted by Crippen LogP contribution is 2.42. The van der Waals surface area contributed by atoms with Crippen molar-refractivity contribution in [1.82, 2.24) is 10.9 Å². The van der Waals surface area contributed by atoms with Crippen LogP contribution in [0.4, 0.5) is 0 Å². The van der Waals surface area contributed by atoms with Crippen LogP contribution in [0.1, 0.15) is 35.6 Å². The Morgan fingerprint density at radius 1 is 0.974 bits per heavy atom. The van der Waals surface area contributed by atoms with Crippen molar-refractivity contribution in [1.29, 1.82) is 0 Å². The molecular formula is C30H35N3O5. The summed E-state index contributed by atoms with van der Waals surface area (Å²) in [6, 6.07) is 27.0. The molecule has 38 heavy (non-hydrogen) atoms. The molecule has 0 fully saturated rings. The van der Waals surface area contributed by atoms with Gasteiger partial charge in [0.1, 0.15) is 5.75 Å². The molecule has 0 unspecified atom stereocenters. The summed E-state index contributed by atoms with van der Waals surface area (Å²) < 4.78 is 17.3.